The molecule has 0 amide bonds. The number of cyclic esters (lactones) is 1. The first-order valence-corrected chi connectivity index (χ1v) is 3.09. The molecule has 3 nitrogen and oxygen atoms in total. The van der Waals surface area contributed by atoms with Gasteiger partial charge in [0, 0.05) is 6.61 Å². The SMILES string of the molecule is O=C1CC(CO)CCO1. The highest BCUT2D eigenvalue weighted by molar-refractivity contribution is 5.70. The molecule has 0 saturated carbocycles. The number of carbonyl (C=O) groups excluding carboxylic acids is 1. The fourth-order valence-electron chi connectivity index (χ4n) is 0.892. The lowest BCUT2D eigenvalue weighted by Gasteiger charge is -2.18. The van der Waals surface area contributed by atoms with E-state index in [-0.39, 0.29) is 18.5 Å². The van der Waals surface area contributed by atoms with E-state index < -0.39 is 0 Å². The third-order valence-corrected chi connectivity index (χ3v) is 1.50. The number of ether oxygens (including phenoxy) is 1. The molecular formula is C6H10O3. The Labute approximate surface area is 53.6 Å². The van der Waals surface area contributed by atoms with Crippen LogP contribution in [-0.4, -0.2) is 24.3 Å². The van der Waals surface area contributed by atoms with Gasteiger partial charge in [0.2, 0.25) is 0 Å². The molecule has 0 aromatic carbocycles. The third-order valence-electron chi connectivity index (χ3n) is 1.50. The van der Waals surface area contributed by atoms with E-state index >= 15 is 0 Å². The van der Waals surface area contributed by atoms with Gasteiger partial charge >= 0.3 is 5.97 Å². The first kappa shape index (κ1) is 6.55. The monoisotopic (exact) mass is 130 g/mol. The first-order valence-electron chi connectivity index (χ1n) is 3.09. The quantitative estimate of drug-likeness (QED) is 0.505. The van der Waals surface area contributed by atoms with Crippen molar-refractivity contribution in [2.45, 2.75) is 12.8 Å². The minimum absolute atomic E-state index is 0.106. The summed E-state index contributed by atoms with van der Waals surface area (Å²) in [5.74, 6) is -0.0356. The second-order valence-corrected chi connectivity index (χ2v) is 2.26. The summed E-state index contributed by atoms with van der Waals surface area (Å²) >= 11 is 0. The molecule has 0 aliphatic carbocycles. The normalized spacial score (nSPS) is 27.7. The van der Waals surface area contributed by atoms with E-state index in [1.807, 2.05) is 0 Å². The van der Waals surface area contributed by atoms with Crippen molar-refractivity contribution < 1.29 is 14.6 Å². The van der Waals surface area contributed by atoms with Crippen LogP contribution in [0.25, 0.3) is 0 Å². The fourth-order valence-corrected chi connectivity index (χ4v) is 0.892. The smallest absolute Gasteiger partial charge is 0.306 e. The van der Waals surface area contributed by atoms with Crippen LogP contribution in [0.2, 0.25) is 0 Å². The molecule has 0 aromatic rings. The van der Waals surface area contributed by atoms with Crippen LogP contribution in [0.1, 0.15) is 12.8 Å². The van der Waals surface area contributed by atoms with Crippen LogP contribution < -0.4 is 0 Å². The molecule has 1 rings (SSSR count). The zero-order chi connectivity index (χ0) is 6.69. The zero-order valence-electron chi connectivity index (χ0n) is 5.17. The summed E-state index contributed by atoms with van der Waals surface area (Å²) in [7, 11) is 0. The van der Waals surface area contributed by atoms with Crippen LogP contribution in [-0.2, 0) is 9.53 Å². The number of rotatable bonds is 1. The Morgan fingerprint density at radius 2 is 2.56 bits per heavy atom. The van der Waals surface area contributed by atoms with Crippen LogP contribution in [0.15, 0.2) is 0 Å². The van der Waals surface area contributed by atoms with E-state index in [0.717, 1.165) is 6.42 Å². The summed E-state index contributed by atoms with van der Waals surface area (Å²) in [6, 6.07) is 0. The second kappa shape index (κ2) is 2.82. The Morgan fingerprint density at radius 1 is 1.78 bits per heavy atom. The Kier molecular flexibility index (Phi) is 2.05. The van der Waals surface area contributed by atoms with Crippen molar-refractivity contribution in [2.75, 3.05) is 13.2 Å². The van der Waals surface area contributed by atoms with E-state index in [2.05, 4.69) is 4.74 Å². The molecule has 1 aliphatic heterocycles. The number of carbonyl (C=O) groups is 1. The standard InChI is InChI=1S/C6H10O3/c7-4-5-1-2-9-6(8)3-5/h5,7H,1-4H2. The maximum Gasteiger partial charge on any atom is 0.306 e. The van der Waals surface area contributed by atoms with Gasteiger partial charge < -0.3 is 9.84 Å². The molecule has 1 aliphatic rings. The van der Waals surface area contributed by atoms with Gasteiger partial charge in [-0.05, 0) is 12.3 Å². The summed E-state index contributed by atoms with van der Waals surface area (Å²) in [5.41, 5.74) is 0. The molecule has 0 aromatic heterocycles. The Balaban J connectivity index is 2.32. The summed E-state index contributed by atoms with van der Waals surface area (Å²) in [6.45, 7) is 0.582. The topological polar surface area (TPSA) is 46.5 Å². The largest absolute Gasteiger partial charge is 0.466 e. The highest BCUT2D eigenvalue weighted by Gasteiger charge is 2.18. The minimum atomic E-state index is -0.180. The molecule has 1 N–H and O–H groups in total. The molecule has 0 bridgehead atoms. The molecule has 52 valence electrons. The number of esters is 1. The molecule has 1 atom stereocenters. The maximum atomic E-state index is 10.5. The van der Waals surface area contributed by atoms with E-state index in [1.54, 1.807) is 0 Å². The van der Waals surface area contributed by atoms with Crippen molar-refractivity contribution in [2.24, 2.45) is 5.92 Å². The highest BCUT2D eigenvalue weighted by Crippen LogP contribution is 2.13. The van der Waals surface area contributed by atoms with Gasteiger partial charge in [-0.3, -0.25) is 4.79 Å². The second-order valence-electron chi connectivity index (χ2n) is 2.26. The van der Waals surface area contributed by atoms with Crippen LogP contribution in [0, 0.1) is 5.92 Å². The fraction of sp³-hybridized carbons (Fsp3) is 0.833. The van der Waals surface area contributed by atoms with Gasteiger partial charge in [0.1, 0.15) is 0 Å². The molecule has 9 heavy (non-hydrogen) atoms. The summed E-state index contributed by atoms with van der Waals surface area (Å²) < 4.78 is 4.66. The lowest BCUT2D eigenvalue weighted by Crippen LogP contribution is -2.22. The Morgan fingerprint density at radius 3 is 3.00 bits per heavy atom. The van der Waals surface area contributed by atoms with E-state index in [9.17, 15) is 4.79 Å². The third kappa shape index (κ3) is 1.68. The first-order chi connectivity index (χ1) is 4.33. The van der Waals surface area contributed by atoms with Crippen molar-refractivity contribution in [1.29, 1.82) is 0 Å². The van der Waals surface area contributed by atoms with Gasteiger partial charge in [0.25, 0.3) is 0 Å². The number of aliphatic hydroxyl groups is 1. The summed E-state index contributed by atoms with van der Waals surface area (Å²) in [6.07, 6.45) is 1.19. The average Bonchev–Trinajstić information content (AvgIpc) is 1.88. The molecule has 0 spiro atoms. The van der Waals surface area contributed by atoms with Crippen LogP contribution in [0.5, 0.6) is 0 Å². The Hall–Kier alpha value is -0.570. The molecule has 0 radical (unpaired) electrons. The molecule has 1 saturated heterocycles. The van der Waals surface area contributed by atoms with Crippen LogP contribution in [0.3, 0.4) is 0 Å². The van der Waals surface area contributed by atoms with E-state index in [4.69, 9.17) is 5.11 Å². The van der Waals surface area contributed by atoms with E-state index in [1.165, 1.54) is 0 Å². The molecule has 1 unspecified atom stereocenters. The summed E-state index contributed by atoms with van der Waals surface area (Å²) in [5, 5.41) is 8.60. The lowest BCUT2D eigenvalue weighted by molar-refractivity contribution is -0.149. The van der Waals surface area contributed by atoms with Crippen LogP contribution >= 0.6 is 0 Å². The highest BCUT2D eigenvalue weighted by atomic mass is 16.5. The van der Waals surface area contributed by atoms with Crippen molar-refractivity contribution in [3.8, 4) is 0 Å². The molecule has 3 heteroatoms. The maximum absolute atomic E-state index is 10.5. The predicted octanol–water partition coefficient (Wildman–Crippen LogP) is -0.0681. The number of aliphatic hydroxyl groups excluding tert-OH is 1. The van der Waals surface area contributed by atoms with Crippen molar-refractivity contribution in [3.05, 3.63) is 0 Å². The van der Waals surface area contributed by atoms with Gasteiger partial charge in [-0.15, -0.1) is 0 Å². The van der Waals surface area contributed by atoms with Gasteiger partial charge in [0.05, 0.1) is 13.0 Å². The number of hydrogen-bond donors (Lipinski definition) is 1. The molecule has 1 heterocycles. The van der Waals surface area contributed by atoms with Gasteiger partial charge in [-0.2, -0.15) is 0 Å². The minimum Gasteiger partial charge on any atom is -0.466 e. The van der Waals surface area contributed by atoms with Gasteiger partial charge in [-0.25, -0.2) is 0 Å². The van der Waals surface area contributed by atoms with Crippen molar-refractivity contribution >= 4 is 5.97 Å². The zero-order valence-corrected chi connectivity index (χ0v) is 5.17. The molecular weight excluding hydrogens is 120 g/mol. The Bertz CT molecular complexity index is 111. The van der Waals surface area contributed by atoms with E-state index in [0.29, 0.717) is 13.0 Å². The van der Waals surface area contributed by atoms with Crippen molar-refractivity contribution in [1.82, 2.24) is 0 Å². The van der Waals surface area contributed by atoms with Gasteiger partial charge in [-0.1, -0.05) is 0 Å². The van der Waals surface area contributed by atoms with Crippen LogP contribution in [0.4, 0.5) is 0 Å². The lowest BCUT2D eigenvalue weighted by atomic mass is 10.0. The predicted molar refractivity (Wildman–Crippen MR) is 30.8 cm³/mol. The average molecular weight is 130 g/mol. The summed E-state index contributed by atoms with van der Waals surface area (Å²) in [4.78, 5) is 10.5. The van der Waals surface area contributed by atoms with Crippen molar-refractivity contribution in [3.63, 3.8) is 0 Å². The number of hydrogen-bond acceptors (Lipinski definition) is 3. The van der Waals surface area contributed by atoms with Gasteiger partial charge in [0.15, 0.2) is 0 Å². The molecule has 1 fully saturated rings.